The van der Waals surface area contributed by atoms with Crippen molar-refractivity contribution in [3.63, 3.8) is 0 Å². The third-order valence-electron chi connectivity index (χ3n) is 1.15. The maximum atomic E-state index is 10.7. The van der Waals surface area contributed by atoms with E-state index in [0.717, 1.165) is 6.26 Å². The van der Waals surface area contributed by atoms with Crippen LogP contribution in [0, 0.1) is 11.3 Å². The Kier molecular flexibility index (Phi) is 4.29. The third-order valence-corrected chi connectivity index (χ3v) is 2.15. The molecule has 1 amide bonds. The Labute approximate surface area is 71.3 Å². The van der Waals surface area contributed by atoms with Crippen LogP contribution in [0.2, 0.25) is 0 Å². The van der Waals surface area contributed by atoms with Crippen molar-refractivity contribution < 1.29 is 13.2 Å². The predicted octanol–water partition coefficient (Wildman–Crippen LogP) is -0.941. The zero-order valence-electron chi connectivity index (χ0n) is 6.65. The van der Waals surface area contributed by atoms with Gasteiger partial charge in [-0.05, 0) is 0 Å². The minimum absolute atomic E-state index is 0.00576. The van der Waals surface area contributed by atoms with Gasteiger partial charge in [0.15, 0.2) is 0 Å². The number of hydrogen-bond donors (Lipinski definition) is 1. The molecule has 68 valence electrons. The summed E-state index contributed by atoms with van der Waals surface area (Å²) >= 11 is 0. The molecule has 0 bridgehead atoms. The first-order valence-corrected chi connectivity index (χ1v) is 5.30. The van der Waals surface area contributed by atoms with Gasteiger partial charge in [0.1, 0.15) is 9.84 Å². The molecule has 0 heterocycles. The van der Waals surface area contributed by atoms with Crippen LogP contribution >= 0.6 is 0 Å². The molecule has 0 spiro atoms. The van der Waals surface area contributed by atoms with Crippen LogP contribution in [0.3, 0.4) is 0 Å². The van der Waals surface area contributed by atoms with Crippen LogP contribution in [0.5, 0.6) is 0 Å². The van der Waals surface area contributed by atoms with E-state index in [1.807, 2.05) is 0 Å². The van der Waals surface area contributed by atoms with Gasteiger partial charge in [0.05, 0.1) is 24.3 Å². The van der Waals surface area contributed by atoms with E-state index in [2.05, 4.69) is 5.32 Å². The topological polar surface area (TPSA) is 87.0 Å². The van der Waals surface area contributed by atoms with Crippen molar-refractivity contribution in [3.05, 3.63) is 0 Å². The van der Waals surface area contributed by atoms with E-state index < -0.39 is 15.9 Å². The molecule has 0 fully saturated rings. The molecule has 0 saturated carbocycles. The Hall–Kier alpha value is -1.09. The zero-order chi connectivity index (χ0) is 9.61. The highest BCUT2D eigenvalue weighted by Gasteiger charge is 2.13. The van der Waals surface area contributed by atoms with Crippen LogP contribution in [-0.4, -0.2) is 32.9 Å². The molecular formula is C6H10N2O3S. The van der Waals surface area contributed by atoms with Gasteiger partial charge in [-0.1, -0.05) is 0 Å². The number of hydrogen-bond acceptors (Lipinski definition) is 4. The number of rotatable bonds is 5. The fraction of sp³-hybridized carbons (Fsp3) is 0.667. The number of carbonyl (C=O) groups is 1. The van der Waals surface area contributed by atoms with Gasteiger partial charge in [-0.2, -0.15) is 5.26 Å². The van der Waals surface area contributed by atoms with Crippen LogP contribution in [-0.2, 0) is 14.6 Å². The average molecular weight is 190 g/mol. The summed E-state index contributed by atoms with van der Waals surface area (Å²) in [6.45, 7) is 0. The van der Waals surface area contributed by atoms with Crippen molar-refractivity contribution in [2.75, 3.05) is 12.0 Å². The molecule has 0 aliphatic heterocycles. The Balaban J connectivity index is 4.15. The van der Waals surface area contributed by atoms with E-state index in [9.17, 15) is 13.2 Å². The minimum atomic E-state index is -3.14. The second kappa shape index (κ2) is 4.72. The largest absolute Gasteiger partial charge is 0.354 e. The lowest BCUT2D eigenvalue weighted by Crippen LogP contribution is -2.34. The molecule has 0 rings (SSSR count). The van der Waals surface area contributed by atoms with Crippen LogP contribution in [0.25, 0.3) is 0 Å². The van der Waals surface area contributed by atoms with Crippen molar-refractivity contribution in [1.29, 1.82) is 5.26 Å². The number of nitrogens with zero attached hydrogens (tertiary/aromatic N) is 1. The van der Waals surface area contributed by atoms with Crippen LogP contribution in [0.1, 0.15) is 6.42 Å². The van der Waals surface area contributed by atoms with E-state index in [1.165, 1.54) is 0 Å². The highest BCUT2D eigenvalue weighted by atomic mass is 32.2. The normalized spacial score (nSPS) is 13.0. The van der Waals surface area contributed by atoms with E-state index in [4.69, 9.17) is 5.26 Å². The lowest BCUT2D eigenvalue weighted by Gasteiger charge is -2.09. The second-order valence-electron chi connectivity index (χ2n) is 2.44. The summed E-state index contributed by atoms with van der Waals surface area (Å²) in [4.78, 5) is 9.96. The number of carbonyl (C=O) groups excluding carboxylic acids is 1. The summed E-state index contributed by atoms with van der Waals surface area (Å²) in [6, 6.07) is 1.19. The highest BCUT2D eigenvalue weighted by molar-refractivity contribution is 7.90. The van der Waals surface area contributed by atoms with Crippen molar-refractivity contribution >= 4 is 16.2 Å². The summed E-state index contributed by atoms with van der Waals surface area (Å²) in [5.41, 5.74) is 0. The SMILES string of the molecule is CS(=O)(=O)CC(CC#N)NC=O. The van der Waals surface area contributed by atoms with Gasteiger partial charge < -0.3 is 5.32 Å². The molecule has 0 aromatic rings. The lowest BCUT2D eigenvalue weighted by atomic mass is 10.3. The first-order valence-electron chi connectivity index (χ1n) is 3.24. The molecule has 0 radical (unpaired) electrons. The number of nitriles is 1. The molecule has 1 atom stereocenters. The average Bonchev–Trinajstić information content (AvgIpc) is 1.84. The first kappa shape index (κ1) is 10.9. The molecule has 0 saturated heterocycles. The maximum absolute atomic E-state index is 10.7. The molecule has 0 aromatic heterocycles. The molecule has 0 aliphatic rings. The Bertz CT molecular complexity index is 278. The standard InChI is InChI=1S/C6H10N2O3S/c1-12(10,11)4-6(2-3-7)8-5-9/h5-6H,2,4H2,1H3,(H,8,9). The first-order chi connectivity index (χ1) is 5.49. The zero-order valence-corrected chi connectivity index (χ0v) is 7.47. The van der Waals surface area contributed by atoms with Gasteiger partial charge in [0.2, 0.25) is 6.41 Å². The monoisotopic (exact) mass is 190 g/mol. The van der Waals surface area contributed by atoms with E-state index in [-0.39, 0.29) is 12.2 Å². The van der Waals surface area contributed by atoms with Gasteiger partial charge in [-0.15, -0.1) is 0 Å². The molecule has 0 aliphatic carbocycles. The van der Waals surface area contributed by atoms with Crippen molar-refractivity contribution in [1.82, 2.24) is 5.32 Å². The lowest BCUT2D eigenvalue weighted by molar-refractivity contribution is -0.110. The second-order valence-corrected chi connectivity index (χ2v) is 4.62. The van der Waals surface area contributed by atoms with Gasteiger partial charge in [0, 0.05) is 6.26 Å². The van der Waals surface area contributed by atoms with E-state index in [1.54, 1.807) is 6.07 Å². The van der Waals surface area contributed by atoms with Crippen LogP contribution < -0.4 is 5.32 Å². The molecule has 1 N–H and O–H groups in total. The van der Waals surface area contributed by atoms with E-state index in [0.29, 0.717) is 6.41 Å². The Morgan fingerprint density at radius 3 is 2.58 bits per heavy atom. The van der Waals surface area contributed by atoms with Crippen molar-refractivity contribution in [3.8, 4) is 6.07 Å². The summed E-state index contributed by atoms with van der Waals surface area (Å²) in [6.07, 6.45) is 1.46. The summed E-state index contributed by atoms with van der Waals surface area (Å²) in [5, 5.41) is 10.5. The van der Waals surface area contributed by atoms with Gasteiger partial charge in [-0.25, -0.2) is 8.42 Å². The van der Waals surface area contributed by atoms with Gasteiger partial charge in [-0.3, -0.25) is 4.79 Å². The molecule has 12 heavy (non-hydrogen) atoms. The van der Waals surface area contributed by atoms with Gasteiger partial charge >= 0.3 is 0 Å². The van der Waals surface area contributed by atoms with Crippen LogP contribution in [0.15, 0.2) is 0 Å². The molecule has 5 nitrogen and oxygen atoms in total. The fourth-order valence-electron chi connectivity index (χ4n) is 0.738. The molecule has 6 heteroatoms. The maximum Gasteiger partial charge on any atom is 0.207 e. The van der Waals surface area contributed by atoms with Crippen molar-refractivity contribution in [2.24, 2.45) is 0 Å². The van der Waals surface area contributed by atoms with Crippen molar-refractivity contribution in [2.45, 2.75) is 12.5 Å². The van der Waals surface area contributed by atoms with Gasteiger partial charge in [0.25, 0.3) is 0 Å². The predicted molar refractivity (Wildman–Crippen MR) is 42.9 cm³/mol. The fourth-order valence-corrected chi connectivity index (χ4v) is 1.68. The highest BCUT2D eigenvalue weighted by Crippen LogP contribution is 1.94. The number of amides is 1. The van der Waals surface area contributed by atoms with E-state index >= 15 is 0 Å². The summed E-state index contributed by atoms with van der Waals surface area (Å²) in [5.74, 6) is -0.195. The quantitative estimate of drug-likeness (QED) is 0.567. The summed E-state index contributed by atoms with van der Waals surface area (Å²) < 4.78 is 21.5. The molecule has 0 aromatic carbocycles. The molecular weight excluding hydrogens is 180 g/mol. The van der Waals surface area contributed by atoms with Crippen LogP contribution in [0.4, 0.5) is 0 Å². The summed E-state index contributed by atoms with van der Waals surface area (Å²) in [7, 11) is -3.14. The minimum Gasteiger partial charge on any atom is -0.354 e. The Morgan fingerprint density at radius 2 is 2.25 bits per heavy atom. The number of sulfone groups is 1. The third kappa shape index (κ3) is 5.68. The smallest absolute Gasteiger partial charge is 0.207 e. The number of nitrogens with one attached hydrogen (secondary N) is 1. The molecule has 1 unspecified atom stereocenters. The Morgan fingerprint density at radius 1 is 1.67 bits per heavy atom.